The van der Waals surface area contributed by atoms with Gasteiger partial charge in [0.05, 0.1) is 36.5 Å². The molecule has 1 aliphatic heterocycles. The van der Waals surface area contributed by atoms with Crippen LogP contribution in [0.2, 0.25) is 0 Å². The Kier molecular flexibility index (Phi) is 9.14. The first-order valence-corrected chi connectivity index (χ1v) is 17.9. The number of nitrogens with zero attached hydrogens (tertiary/aromatic N) is 3. The number of rotatable bonds is 8. The average Bonchev–Trinajstić information content (AvgIpc) is 3.95. The number of fused-ring (bicyclic) bond motifs is 2. The van der Waals surface area contributed by atoms with E-state index < -0.39 is 50.1 Å². The molecule has 14 heteroatoms. The van der Waals surface area contributed by atoms with E-state index in [0.29, 0.717) is 30.8 Å². The van der Waals surface area contributed by atoms with E-state index in [1.54, 1.807) is 32.0 Å². The molecule has 4 aliphatic rings. The fourth-order valence-electron chi connectivity index (χ4n) is 6.65. The molecule has 0 bridgehead atoms. The molecule has 3 fully saturated rings. The van der Waals surface area contributed by atoms with Gasteiger partial charge in [0.2, 0.25) is 27.7 Å². The van der Waals surface area contributed by atoms with Crippen molar-refractivity contribution in [3.63, 3.8) is 0 Å². The van der Waals surface area contributed by atoms with Gasteiger partial charge in [0, 0.05) is 31.1 Å². The van der Waals surface area contributed by atoms with Gasteiger partial charge in [-0.3, -0.25) is 19.1 Å². The maximum absolute atomic E-state index is 14.1. The highest BCUT2D eigenvalue weighted by atomic mass is 32.2. The molecule has 0 saturated heterocycles. The van der Waals surface area contributed by atoms with E-state index in [1.165, 1.54) is 7.11 Å². The summed E-state index contributed by atoms with van der Waals surface area (Å²) in [6.07, 6.45) is 7.29. The summed E-state index contributed by atoms with van der Waals surface area (Å²) >= 11 is 0. The second-order valence-corrected chi connectivity index (χ2v) is 15.8. The predicted molar refractivity (Wildman–Crippen MR) is 176 cm³/mol. The van der Waals surface area contributed by atoms with E-state index in [4.69, 9.17) is 14.2 Å². The van der Waals surface area contributed by atoms with Crippen molar-refractivity contribution in [3.8, 4) is 28.9 Å². The fraction of sp³-hybridized carbons (Fsp3) is 0.559. The lowest BCUT2D eigenvalue weighted by atomic mass is 9.93. The Balaban J connectivity index is 1.26. The highest BCUT2D eigenvalue weighted by Gasteiger charge is 2.63. The molecular formula is C34H43N5O8S. The van der Waals surface area contributed by atoms with Gasteiger partial charge in [-0.25, -0.2) is 8.42 Å². The highest BCUT2D eigenvalue weighted by Crippen LogP contribution is 2.48. The summed E-state index contributed by atoms with van der Waals surface area (Å²) < 4.78 is 44.3. The molecule has 2 heterocycles. The Morgan fingerprint density at radius 1 is 1.06 bits per heavy atom. The number of amides is 3. The number of methoxy groups -OCH3 is 2. The molecule has 0 radical (unpaired) electrons. The van der Waals surface area contributed by atoms with Crippen LogP contribution in [0.1, 0.15) is 58.3 Å². The molecule has 48 heavy (non-hydrogen) atoms. The van der Waals surface area contributed by atoms with E-state index in [0.717, 1.165) is 24.8 Å². The zero-order chi connectivity index (χ0) is 34.3. The van der Waals surface area contributed by atoms with Crippen LogP contribution in [-0.4, -0.2) is 85.2 Å². The summed E-state index contributed by atoms with van der Waals surface area (Å²) in [4.78, 5) is 52.0. The Morgan fingerprint density at radius 2 is 1.83 bits per heavy atom. The van der Waals surface area contributed by atoms with Gasteiger partial charge in [-0.05, 0) is 70.4 Å². The zero-order valence-corrected chi connectivity index (χ0v) is 28.5. The monoisotopic (exact) mass is 681 g/mol. The van der Waals surface area contributed by atoms with Crippen molar-refractivity contribution in [3.05, 3.63) is 42.5 Å². The smallest absolute Gasteiger partial charge is 0.320 e. The minimum atomic E-state index is -3.92. The number of sulfonamides is 1. The molecule has 2 aromatic rings. The molecule has 1 aromatic heterocycles. The number of hydrogen-bond acceptors (Lipinski definition) is 10. The van der Waals surface area contributed by atoms with Crippen LogP contribution in [0.5, 0.6) is 17.6 Å². The number of ether oxygens (including phenoxy) is 3. The quantitative estimate of drug-likeness (QED) is 0.396. The van der Waals surface area contributed by atoms with Crippen molar-refractivity contribution in [2.24, 2.45) is 17.8 Å². The average molecular weight is 682 g/mol. The van der Waals surface area contributed by atoms with Crippen LogP contribution >= 0.6 is 0 Å². The van der Waals surface area contributed by atoms with Crippen LogP contribution in [0.15, 0.2) is 42.5 Å². The summed E-state index contributed by atoms with van der Waals surface area (Å²) in [7, 11) is 0.844. The summed E-state index contributed by atoms with van der Waals surface area (Å²) in [5, 5.41) is 2.92. The number of carbonyl (C=O) groups excluding carboxylic acids is 3. The lowest BCUT2D eigenvalue weighted by Crippen LogP contribution is -2.55. The second kappa shape index (κ2) is 13.0. The predicted octanol–water partition coefficient (Wildman–Crippen LogP) is 3.01. The van der Waals surface area contributed by atoms with Crippen molar-refractivity contribution in [1.82, 2.24) is 24.9 Å². The van der Waals surface area contributed by atoms with Gasteiger partial charge < -0.3 is 24.4 Å². The molecule has 258 valence electrons. The van der Waals surface area contributed by atoms with Gasteiger partial charge in [-0.2, -0.15) is 9.97 Å². The van der Waals surface area contributed by atoms with E-state index in [2.05, 4.69) is 20.0 Å². The number of aromatic nitrogens is 2. The van der Waals surface area contributed by atoms with Crippen LogP contribution in [-0.2, 0) is 24.4 Å². The molecular weight excluding hydrogens is 638 g/mol. The first kappa shape index (κ1) is 33.7. The minimum absolute atomic E-state index is 0.0892. The molecule has 13 nitrogen and oxygen atoms in total. The number of nitrogens with one attached hydrogen (secondary N) is 2. The molecule has 2 N–H and O–H groups in total. The van der Waals surface area contributed by atoms with Crippen LogP contribution in [0.25, 0.3) is 11.3 Å². The molecule has 1 aromatic carbocycles. The van der Waals surface area contributed by atoms with Crippen LogP contribution in [0.3, 0.4) is 0 Å². The number of carbonyl (C=O) groups is 3. The lowest BCUT2D eigenvalue weighted by molar-refractivity contribution is -0.140. The topological polar surface area (TPSA) is 166 Å². The van der Waals surface area contributed by atoms with Gasteiger partial charge in [0.1, 0.15) is 17.4 Å². The molecule has 3 saturated carbocycles. The lowest BCUT2D eigenvalue weighted by Gasteiger charge is -2.27. The molecule has 3 aliphatic carbocycles. The summed E-state index contributed by atoms with van der Waals surface area (Å²) in [6.45, 7) is 2.15. The van der Waals surface area contributed by atoms with Crippen molar-refractivity contribution in [2.45, 2.75) is 74.7 Å². The van der Waals surface area contributed by atoms with Crippen LogP contribution in [0.4, 0.5) is 0 Å². The standard InChI is InChI=1S/C34H43N5O8S/c1-33(13-14-33)48(43,44)38-31(42)34-20-22(34)11-7-5-6-8-15-39(2)30(41)26-18-24(17-25(26)29(40)37-34)47-28-19-27(35-32(36-28)46-4)21-10-9-12-23(16-21)45-3/h7,9-12,16,19,22,24-26H,5-6,8,13-15,17-18,20H2,1-4H3,(H,37,40)(H,38,42). The van der Waals surface area contributed by atoms with Gasteiger partial charge in [0.15, 0.2) is 0 Å². The van der Waals surface area contributed by atoms with Gasteiger partial charge in [-0.1, -0.05) is 24.3 Å². The van der Waals surface area contributed by atoms with E-state index in [9.17, 15) is 22.8 Å². The van der Waals surface area contributed by atoms with E-state index >= 15 is 0 Å². The van der Waals surface area contributed by atoms with Crippen LogP contribution < -0.4 is 24.2 Å². The summed E-state index contributed by atoms with van der Waals surface area (Å²) in [5.74, 6) is -2.43. The Hall–Kier alpha value is -4.20. The largest absolute Gasteiger partial charge is 0.497 e. The van der Waals surface area contributed by atoms with Crippen molar-refractivity contribution < 1.29 is 37.0 Å². The minimum Gasteiger partial charge on any atom is -0.497 e. The molecule has 5 unspecified atom stereocenters. The molecule has 0 spiro atoms. The number of benzene rings is 1. The zero-order valence-electron chi connectivity index (χ0n) is 27.7. The maximum Gasteiger partial charge on any atom is 0.320 e. The first-order chi connectivity index (χ1) is 22.9. The Labute approximate surface area is 280 Å². The van der Waals surface area contributed by atoms with Gasteiger partial charge in [-0.15, -0.1) is 0 Å². The Bertz CT molecular complexity index is 1730. The maximum atomic E-state index is 14.1. The SMILES string of the molecule is COc1cccc(-c2cc(OC3CC4C(=O)NC5(C(=O)NS(=O)(=O)C6(C)CC6)CC5C=CCCCCN(C)C(=O)C4C3)nc(OC)n2)c1. The summed E-state index contributed by atoms with van der Waals surface area (Å²) in [5.41, 5.74) is -0.123. The third-order valence-electron chi connectivity index (χ3n) is 10.1. The molecule has 5 atom stereocenters. The number of hydrogen-bond donors (Lipinski definition) is 2. The van der Waals surface area contributed by atoms with E-state index in [-0.39, 0.29) is 43.0 Å². The van der Waals surface area contributed by atoms with Gasteiger partial charge >= 0.3 is 6.01 Å². The van der Waals surface area contributed by atoms with Crippen molar-refractivity contribution in [2.75, 3.05) is 27.8 Å². The molecule has 6 rings (SSSR count). The number of allylic oxidation sites excluding steroid dienone is 1. The third-order valence-corrected chi connectivity index (χ3v) is 12.3. The molecule has 3 amide bonds. The normalized spacial score (nSPS) is 28.3. The van der Waals surface area contributed by atoms with Gasteiger partial charge in [0.25, 0.3) is 5.91 Å². The Morgan fingerprint density at radius 3 is 2.56 bits per heavy atom. The second-order valence-electron chi connectivity index (χ2n) is 13.6. The summed E-state index contributed by atoms with van der Waals surface area (Å²) in [6, 6.07) is 9.12. The highest BCUT2D eigenvalue weighted by molar-refractivity contribution is 7.91. The van der Waals surface area contributed by atoms with Crippen LogP contribution in [0, 0.1) is 17.8 Å². The van der Waals surface area contributed by atoms with Crippen molar-refractivity contribution in [1.29, 1.82) is 0 Å². The first-order valence-electron chi connectivity index (χ1n) is 16.4. The van der Waals surface area contributed by atoms with Crippen molar-refractivity contribution >= 4 is 27.7 Å². The fourth-order valence-corrected chi connectivity index (χ4v) is 7.96. The van der Waals surface area contributed by atoms with E-state index in [1.807, 2.05) is 36.4 Å². The third kappa shape index (κ3) is 6.71.